The fraction of sp³-hybridized carbons (Fsp3) is 0.611. The van der Waals surface area contributed by atoms with E-state index in [0.29, 0.717) is 6.04 Å². The summed E-state index contributed by atoms with van der Waals surface area (Å²) in [6, 6.07) is 6.23. The molecule has 0 unspecified atom stereocenters. The standard InChI is InChI=1S/C18H26N2O3S/c1-22-15-10-13(11-16(12-15)23-2)17-20(8-9-24-17)18(21)19-14-6-4-3-5-7-14/h10-12,14,17H,3-9H2,1-2H3,(H,19,21)/t17-/m1/s1. The number of hydrogen-bond donors (Lipinski definition) is 1. The molecule has 2 aliphatic rings. The van der Waals surface area contributed by atoms with Crippen molar-refractivity contribution in [1.29, 1.82) is 0 Å². The van der Waals surface area contributed by atoms with E-state index in [1.807, 2.05) is 23.1 Å². The van der Waals surface area contributed by atoms with Crippen molar-refractivity contribution in [2.75, 3.05) is 26.5 Å². The van der Waals surface area contributed by atoms with Gasteiger partial charge in [0.25, 0.3) is 0 Å². The number of hydrogen-bond acceptors (Lipinski definition) is 4. The maximum atomic E-state index is 12.7. The molecule has 1 aliphatic carbocycles. The predicted octanol–water partition coefficient (Wildman–Crippen LogP) is 3.79. The third kappa shape index (κ3) is 3.91. The Bertz CT molecular complexity index is 553. The second-order valence-corrected chi connectivity index (χ2v) is 7.54. The number of nitrogens with one attached hydrogen (secondary N) is 1. The van der Waals surface area contributed by atoms with Gasteiger partial charge in [-0.3, -0.25) is 0 Å². The molecule has 1 aromatic rings. The van der Waals surface area contributed by atoms with Gasteiger partial charge >= 0.3 is 6.03 Å². The van der Waals surface area contributed by atoms with Gasteiger partial charge in [0.05, 0.1) is 14.2 Å². The monoisotopic (exact) mass is 350 g/mol. The Labute approximate surface area is 148 Å². The molecule has 1 atom stereocenters. The Balaban J connectivity index is 1.73. The summed E-state index contributed by atoms with van der Waals surface area (Å²) in [6.07, 6.45) is 5.93. The molecule has 1 aliphatic heterocycles. The van der Waals surface area contributed by atoms with Crippen LogP contribution in [-0.2, 0) is 0 Å². The lowest BCUT2D eigenvalue weighted by Crippen LogP contribution is -2.45. The lowest BCUT2D eigenvalue weighted by Gasteiger charge is -2.29. The summed E-state index contributed by atoms with van der Waals surface area (Å²) < 4.78 is 10.7. The van der Waals surface area contributed by atoms with Crippen LogP contribution >= 0.6 is 11.8 Å². The number of amides is 2. The van der Waals surface area contributed by atoms with Gasteiger partial charge in [-0.2, -0.15) is 0 Å². The van der Waals surface area contributed by atoms with Gasteiger partial charge in [-0.1, -0.05) is 19.3 Å². The van der Waals surface area contributed by atoms with E-state index < -0.39 is 0 Å². The van der Waals surface area contributed by atoms with E-state index >= 15 is 0 Å². The second kappa shape index (κ2) is 8.01. The maximum absolute atomic E-state index is 12.7. The fourth-order valence-corrected chi connectivity index (χ4v) is 4.67. The molecule has 1 heterocycles. The van der Waals surface area contributed by atoms with Crippen LogP contribution < -0.4 is 14.8 Å². The van der Waals surface area contributed by atoms with Crippen molar-refractivity contribution >= 4 is 17.8 Å². The second-order valence-electron chi connectivity index (χ2n) is 6.35. The van der Waals surface area contributed by atoms with Crippen LogP contribution in [0.15, 0.2) is 18.2 Å². The zero-order valence-electron chi connectivity index (χ0n) is 14.4. The molecule has 1 saturated heterocycles. The number of rotatable bonds is 4. The molecule has 2 fully saturated rings. The smallest absolute Gasteiger partial charge is 0.318 e. The van der Waals surface area contributed by atoms with E-state index in [2.05, 4.69) is 5.32 Å². The zero-order chi connectivity index (χ0) is 16.9. The van der Waals surface area contributed by atoms with E-state index in [-0.39, 0.29) is 11.4 Å². The fourth-order valence-electron chi connectivity index (χ4n) is 3.43. The highest BCUT2D eigenvalue weighted by Gasteiger charge is 2.32. The highest BCUT2D eigenvalue weighted by Crippen LogP contribution is 2.40. The van der Waals surface area contributed by atoms with Gasteiger partial charge < -0.3 is 19.7 Å². The number of benzene rings is 1. The van der Waals surface area contributed by atoms with Gasteiger partial charge in [0.15, 0.2) is 0 Å². The predicted molar refractivity (Wildman–Crippen MR) is 96.9 cm³/mol. The Morgan fingerprint density at radius 1 is 1.12 bits per heavy atom. The topological polar surface area (TPSA) is 50.8 Å². The third-order valence-corrected chi connectivity index (χ3v) is 6.00. The van der Waals surface area contributed by atoms with Gasteiger partial charge in [0.2, 0.25) is 0 Å². The van der Waals surface area contributed by atoms with Crippen molar-refractivity contribution in [2.45, 2.75) is 43.5 Å². The molecule has 24 heavy (non-hydrogen) atoms. The highest BCUT2D eigenvalue weighted by molar-refractivity contribution is 7.99. The normalized spacial score (nSPS) is 21.6. The first kappa shape index (κ1) is 17.3. The average Bonchev–Trinajstić information content (AvgIpc) is 3.12. The van der Waals surface area contributed by atoms with Crippen LogP contribution in [0.1, 0.15) is 43.0 Å². The molecule has 0 aromatic heterocycles. The molecular weight excluding hydrogens is 324 g/mol. The van der Waals surface area contributed by atoms with Gasteiger partial charge in [-0.25, -0.2) is 4.79 Å². The van der Waals surface area contributed by atoms with Crippen molar-refractivity contribution in [1.82, 2.24) is 10.2 Å². The van der Waals surface area contributed by atoms with Crippen LogP contribution in [0.2, 0.25) is 0 Å². The molecule has 1 saturated carbocycles. The van der Waals surface area contributed by atoms with E-state index in [9.17, 15) is 4.79 Å². The van der Waals surface area contributed by atoms with Crippen molar-refractivity contribution in [3.63, 3.8) is 0 Å². The highest BCUT2D eigenvalue weighted by atomic mass is 32.2. The molecule has 0 radical (unpaired) electrons. The van der Waals surface area contributed by atoms with E-state index in [0.717, 1.165) is 42.2 Å². The van der Waals surface area contributed by atoms with Crippen molar-refractivity contribution < 1.29 is 14.3 Å². The molecule has 0 spiro atoms. The van der Waals surface area contributed by atoms with Crippen molar-refractivity contribution in [2.24, 2.45) is 0 Å². The van der Waals surface area contributed by atoms with E-state index in [4.69, 9.17) is 9.47 Å². The molecular formula is C18H26N2O3S. The van der Waals surface area contributed by atoms with Gasteiger partial charge in [0.1, 0.15) is 16.9 Å². The Morgan fingerprint density at radius 3 is 2.42 bits per heavy atom. The minimum atomic E-state index is 0.0117. The largest absolute Gasteiger partial charge is 0.497 e. The summed E-state index contributed by atoms with van der Waals surface area (Å²) in [6.45, 7) is 0.771. The lowest BCUT2D eigenvalue weighted by molar-refractivity contribution is 0.192. The Hall–Kier alpha value is -1.56. The molecule has 3 rings (SSSR count). The summed E-state index contributed by atoms with van der Waals surface area (Å²) >= 11 is 1.79. The minimum absolute atomic E-state index is 0.0117. The van der Waals surface area contributed by atoms with E-state index in [1.54, 1.807) is 26.0 Å². The molecule has 0 bridgehead atoms. The SMILES string of the molecule is COc1cc(OC)cc([C@H]2SCCN2C(=O)NC2CCCCC2)c1. The third-order valence-electron chi connectivity index (χ3n) is 4.74. The molecule has 6 heteroatoms. The molecule has 1 aromatic carbocycles. The van der Waals surface area contributed by atoms with Crippen molar-refractivity contribution in [3.05, 3.63) is 23.8 Å². The Kier molecular flexibility index (Phi) is 5.76. The maximum Gasteiger partial charge on any atom is 0.318 e. The average molecular weight is 350 g/mol. The van der Waals surface area contributed by atoms with Crippen LogP contribution in [-0.4, -0.2) is 43.5 Å². The molecule has 132 valence electrons. The number of ether oxygens (including phenoxy) is 2. The summed E-state index contributed by atoms with van der Waals surface area (Å²) in [7, 11) is 3.29. The number of carbonyl (C=O) groups is 1. The first-order valence-electron chi connectivity index (χ1n) is 8.63. The van der Waals surface area contributed by atoms with E-state index in [1.165, 1.54) is 19.3 Å². The van der Waals surface area contributed by atoms with Crippen LogP contribution in [0.4, 0.5) is 4.79 Å². The van der Waals surface area contributed by atoms with Gasteiger partial charge in [-0.05, 0) is 30.5 Å². The number of thioether (sulfide) groups is 1. The molecule has 1 N–H and O–H groups in total. The van der Waals surface area contributed by atoms with Gasteiger partial charge in [0, 0.05) is 24.4 Å². The van der Waals surface area contributed by atoms with Gasteiger partial charge in [-0.15, -0.1) is 11.8 Å². The van der Waals surface area contributed by atoms with Crippen molar-refractivity contribution in [3.8, 4) is 11.5 Å². The lowest BCUT2D eigenvalue weighted by atomic mass is 9.96. The first-order chi connectivity index (χ1) is 11.7. The molecule has 5 nitrogen and oxygen atoms in total. The quantitative estimate of drug-likeness (QED) is 0.897. The Morgan fingerprint density at radius 2 is 1.79 bits per heavy atom. The first-order valence-corrected chi connectivity index (χ1v) is 9.68. The van der Waals surface area contributed by atoms with Crippen LogP contribution in [0.3, 0.4) is 0 Å². The number of urea groups is 1. The summed E-state index contributed by atoms with van der Waals surface area (Å²) in [5.74, 6) is 2.46. The zero-order valence-corrected chi connectivity index (χ0v) is 15.2. The summed E-state index contributed by atoms with van der Waals surface area (Å²) in [4.78, 5) is 14.7. The van der Waals surface area contributed by atoms with Crippen LogP contribution in [0, 0.1) is 0 Å². The summed E-state index contributed by atoms with van der Waals surface area (Å²) in [5, 5.41) is 3.24. The number of nitrogens with zero attached hydrogens (tertiary/aromatic N) is 1. The molecule has 2 amide bonds. The number of carbonyl (C=O) groups excluding carboxylic acids is 1. The summed E-state index contributed by atoms with van der Waals surface area (Å²) in [5.41, 5.74) is 1.05. The number of methoxy groups -OCH3 is 2. The van der Waals surface area contributed by atoms with Crippen LogP contribution in [0.25, 0.3) is 0 Å². The minimum Gasteiger partial charge on any atom is -0.497 e. The van der Waals surface area contributed by atoms with Crippen LogP contribution in [0.5, 0.6) is 11.5 Å².